The van der Waals surface area contributed by atoms with Crippen molar-refractivity contribution >= 4 is 0 Å². The zero-order valence-corrected chi connectivity index (χ0v) is 18.8. The van der Waals surface area contributed by atoms with Gasteiger partial charge in [0.1, 0.15) is 11.5 Å². The smallest absolute Gasteiger partial charge is 0.130 e. The molecule has 2 saturated heterocycles. The number of epoxide rings is 2. The SMILES string of the molecule is Cc1ccc(Oc2ccc(C)cc2CC2CCC3OC3C2)c(CC2CCC3OC3C2)c1. The van der Waals surface area contributed by atoms with Gasteiger partial charge < -0.3 is 14.2 Å². The van der Waals surface area contributed by atoms with Gasteiger partial charge in [0.05, 0.1) is 24.4 Å². The minimum Gasteiger partial charge on any atom is -0.457 e. The van der Waals surface area contributed by atoms with E-state index in [0.29, 0.717) is 36.3 Å². The highest BCUT2D eigenvalue weighted by Gasteiger charge is 2.44. The van der Waals surface area contributed by atoms with Crippen molar-refractivity contribution in [3.63, 3.8) is 0 Å². The molecule has 4 aliphatic rings. The van der Waals surface area contributed by atoms with Crippen molar-refractivity contribution in [2.75, 3.05) is 0 Å². The molecule has 2 aliphatic heterocycles. The van der Waals surface area contributed by atoms with Crippen molar-refractivity contribution in [3.05, 3.63) is 58.7 Å². The summed E-state index contributed by atoms with van der Waals surface area (Å²) in [6.07, 6.45) is 11.8. The van der Waals surface area contributed by atoms with Crippen LogP contribution in [0.4, 0.5) is 0 Å². The molecule has 2 aliphatic carbocycles. The second-order valence-corrected chi connectivity index (χ2v) is 10.5. The Morgan fingerprint density at radius 1 is 0.677 bits per heavy atom. The summed E-state index contributed by atoms with van der Waals surface area (Å²) < 4.78 is 18.2. The third kappa shape index (κ3) is 4.40. The van der Waals surface area contributed by atoms with Gasteiger partial charge in [0, 0.05) is 0 Å². The Morgan fingerprint density at radius 2 is 1.16 bits per heavy atom. The molecule has 2 saturated carbocycles. The fourth-order valence-corrected chi connectivity index (χ4v) is 6.02. The first-order valence-electron chi connectivity index (χ1n) is 12.3. The number of rotatable bonds is 6. The van der Waals surface area contributed by atoms with Crippen LogP contribution < -0.4 is 4.74 Å². The highest BCUT2D eigenvalue weighted by molar-refractivity contribution is 5.44. The van der Waals surface area contributed by atoms with Crippen LogP contribution in [0.5, 0.6) is 11.5 Å². The van der Waals surface area contributed by atoms with Gasteiger partial charge in [-0.25, -0.2) is 0 Å². The third-order valence-corrected chi connectivity index (χ3v) is 7.89. The van der Waals surface area contributed by atoms with E-state index < -0.39 is 0 Å². The summed E-state index contributed by atoms with van der Waals surface area (Å²) in [5.74, 6) is 3.48. The summed E-state index contributed by atoms with van der Waals surface area (Å²) in [6, 6.07) is 13.4. The molecule has 3 nitrogen and oxygen atoms in total. The summed E-state index contributed by atoms with van der Waals surface area (Å²) in [5.41, 5.74) is 5.32. The van der Waals surface area contributed by atoms with E-state index in [4.69, 9.17) is 14.2 Å². The van der Waals surface area contributed by atoms with Gasteiger partial charge in [-0.1, -0.05) is 35.4 Å². The molecular formula is C28H34O3. The Balaban J connectivity index is 1.22. The maximum absolute atomic E-state index is 6.65. The highest BCUT2D eigenvalue weighted by Crippen LogP contribution is 2.43. The molecule has 2 heterocycles. The summed E-state index contributed by atoms with van der Waals surface area (Å²) in [4.78, 5) is 0. The van der Waals surface area contributed by atoms with Gasteiger partial charge in [-0.2, -0.15) is 0 Å². The van der Waals surface area contributed by atoms with Gasteiger partial charge in [-0.05, 0) is 100 Å². The quantitative estimate of drug-likeness (QED) is 0.515. The van der Waals surface area contributed by atoms with Crippen molar-refractivity contribution < 1.29 is 14.2 Å². The molecule has 0 amide bonds. The van der Waals surface area contributed by atoms with Crippen LogP contribution >= 0.6 is 0 Å². The molecule has 2 aromatic rings. The van der Waals surface area contributed by atoms with Crippen molar-refractivity contribution in [3.8, 4) is 11.5 Å². The fourth-order valence-electron chi connectivity index (χ4n) is 6.02. The lowest BCUT2D eigenvalue weighted by Crippen LogP contribution is -2.16. The van der Waals surface area contributed by atoms with Crippen LogP contribution in [0.2, 0.25) is 0 Å². The minimum atomic E-state index is 0.530. The van der Waals surface area contributed by atoms with E-state index in [1.54, 1.807) is 0 Å². The molecule has 0 spiro atoms. The lowest BCUT2D eigenvalue weighted by atomic mass is 9.84. The van der Waals surface area contributed by atoms with Crippen LogP contribution in [0, 0.1) is 25.7 Å². The van der Waals surface area contributed by atoms with Crippen LogP contribution in [0.3, 0.4) is 0 Å². The molecule has 6 atom stereocenters. The van der Waals surface area contributed by atoms with Crippen LogP contribution in [0.15, 0.2) is 36.4 Å². The van der Waals surface area contributed by atoms with Gasteiger partial charge in [-0.15, -0.1) is 0 Å². The second kappa shape index (κ2) is 7.94. The summed E-state index contributed by atoms with van der Waals surface area (Å²) in [6.45, 7) is 4.36. The van der Waals surface area contributed by atoms with Gasteiger partial charge in [0.2, 0.25) is 0 Å². The van der Waals surface area contributed by atoms with E-state index in [1.165, 1.54) is 60.8 Å². The average Bonchev–Trinajstić information content (AvgIpc) is 3.66. The second-order valence-electron chi connectivity index (χ2n) is 10.5. The number of aryl methyl sites for hydroxylation is 2. The first-order chi connectivity index (χ1) is 15.1. The molecule has 3 heteroatoms. The van der Waals surface area contributed by atoms with Crippen molar-refractivity contribution in [1.29, 1.82) is 0 Å². The molecular weight excluding hydrogens is 384 g/mol. The molecule has 31 heavy (non-hydrogen) atoms. The average molecular weight is 419 g/mol. The maximum atomic E-state index is 6.65. The lowest BCUT2D eigenvalue weighted by Gasteiger charge is -2.23. The van der Waals surface area contributed by atoms with E-state index in [2.05, 4.69) is 50.2 Å². The molecule has 4 fully saturated rings. The normalized spacial score (nSPS) is 33.4. The largest absolute Gasteiger partial charge is 0.457 e. The first kappa shape index (κ1) is 19.8. The first-order valence-corrected chi connectivity index (χ1v) is 12.3. The Bertz CT molecular complexity index is 889. The van der Waals surface area contributed by atoms with Gasteiger partial charge >= 0.3 is 0 Å². The third-order valence-electron chi connectivity index (χ3n) is 7.89. The summed E-state index contributed by atoms with van der Waals surface area (Å²) >= 11 is 0. The Kier molecular flexibility index (Phi) is 5.07. The number of hydrogen-bond acceptors (Lipinski definition) is 3. The summed E-state index contributed by atoms with van der Waals surface area (Å²) in [5, 5.41) is 0. The van der Waals surface area contributed by atoms with E-state index in [9.17, 15) is 0 Å². The Hall–Kier alpha value is -1.84. The minimum absolute atomic E-state index is 0.530. The van der Waals surface area contributed by atoms with Crippen molar-refractivity contribution in [2.24, 2.45) is 11.8 Å². The molecule has 6 rings (SSSR count). The molecule has 0 bridgehead atoms. The molecule has 0 N–H and O–H groups in total. The van der Waals surface area contributed by atoms with Crippen LogP contribution in [0.25, 0.3) is 0 Å². The van der Waals surface area contributed by atoms with Crippen LogP contribution in [-0.2, 0) is 22.3 Å². The highest BCUT2D eigenvalue weighted by atomic mass is 16.6. The molecule has 0 aromatic heterocycles. The number of fused-ring (bicyclic) bond motifs is 2. The van der Waals surface area contributed by atoms with Gasteiger partial charge in [0.25, 0.3) is 0 Å². The van der Waals surface area contributed by atoms with E-state index >= 15 is 0 Å². The zero-order valence-electron chi connectivity index (χ0n) is 18.8. The predicted octanol–water partition coefficient (Wildman–Crippen LogP) is 6.32. The molecule has 6 unspecified atom stereocenters. The number of hydrogen-bond donors (Lipinski definition) is 0. The topological polar surface area (TPSA) is 34.3 Å². The van der Waals surface area contributed by atoms with Crippen LogP contribution in [0.1, 0.15) is 60.8 Å². The molecule has 2 aromatic carbocycles. The monoisotopic (exact) mass is 418 g/mol. The zero-order chi connectivity index (χ0) is 20.9. The predicted molar refractivity (Wildman–Crippen MR) is 122 cm³/mol. The van der Waals surface area contributed by atoms with Crippen molar-refractivity contribution in [1.82, 2.24) is 0 Å². The van der Waals surface area contributed by atoms with Gasteiger partial charge in [-0.3, -0.25) is 0 Å². The fraction of sp³-hybridized carbons (Fsp3) is 0.571. The van der Waals surface area contributed by atoms with E-state index in [1.807, 2.05) is 0 Å². The Morgan fingerprint density at radius 3 is 1.61 bits per heavy atom. The standard InChI is InChI=1S/C28H34O3/c1-17-3-7-23(21(11-17)13-19-5-9-25-27(15-19)30-25)29-24-8-4-18(2)12-22(24)14-20-6-10-26-28(16-20)31-26/h3-4,7-8,11-12,19-20,25-28H,5-6,9-10,13-16H2,1-2H3. The maximum Gasteiger partial charge on any atom is 0.130 e. The number of benzene rings is 2. The van der Waals surface area contributed by atoms with E-state index in [0.717, 1.165) is 24.3 Å². The Labute approximate surface area is 186 Å². The molecule has 164 valence electrons. The van der Waals surface area contributed by atoms with Gasteiger partial charge in [0.15, 0.2) is 0 Å². The molecule has 0 radical (unpaired) electrons. The lowest BCUT2D eigenvalue weighted by molar-refractivity contribution is 0.356. The van der Waals surface area contributed by atoms with E-state index in [-0.39, 0.29) is 0 Å². The summed E-state index contributed by atoms with van der Waals surface area (Å²) in [7, 11) is 0. The van der Waals surface area contributed by atoms with Crippen molar-refractivity contribution in [2.45, 2.75) is 89.6 Å². The van der Waals surface area contributed by atoms with Crippen LogP contribution in [-0.4, -0.2) is 24.4 Å². The number of ether oxygens (including phenoxy) is 3.